The van der Waals surface area contributed by atoms with Crippen LogP contribution < -0.4 is 11.1 Å². The van der Waals surface area contributed by atoms with Crippen LogP contribution in [-0.2, 0) is 6.42 Å². The lowest BCUT2D eigenvalue weighted by atomic mass is 9.88. The molecule has 2 aliphatic heterocycles. The molecule has 8 heteroatoms. The number of hydrogen-bond acceptors (Lipinski definition) is 4. The fraction of sp³-hybridized carbons (Fsp3) is 0.333. The molecule has 0 spiro atoms. The number of fused-ring (bicyclic) bond motifs is 1. The van der Waals surface area contributed by atoms with E-state index in [2.05, 4.69) is 22.4 Å². The Balaban J connectivity index is 1.33. The zero-order valence-corrected chi connectivity index (χ0v) is 19.2. The molecule has 1 amide bonds. The Morgan fingerprint density at radius 2 is 1.69 bits per heavy atom. The van der Waals surface area contributed by atoms with Gasteiger partial charge in [-0.3, -0.25) is 9.69 Å². The highest BCUT2D eigenvalue weighted by atomic mass is 19.4. The summed E-state index contributed by atoms with van der Waals surface area (Å²) in [6.45, 7) is 0.707. The average Bonchev–Trinajstić information content (AvgIpc) is 2.84. The summed E-state index contributed by atoms with van der Waals surface area (Å²) in [6.07, 6.45) is -0.180. The van der Waals surface area contributed by atoms with E-state index in [0.717, 1.165) is 52.6 Å². The number of aromatic nitrogens is 1. The van der Waals surface area contributed by atoms with Crippen LogP contribution in [0.5, 0.6) is 0 Å². The normalized spacial score (nSPS) is 17.2. The van der Waals surface area contributed by atoms with Gasteiger partial charge >= 0.3 is 6.18 Å². The number of nitrogen functional groups attached to an aromatic ring is 1. The molecule has 0 bridgehead atoms. The lowest BCUT2D eigenvalue weighted by molar-refractivity contribution is -0.147. The molecule has 3 aromatic rings. The number of halogens is 3. The monoisotopic (exact) mass is 480 g/mol. The van der Waals surface area contributed by atoms with Gasteiger partial charge in [-0.2, -0.15) is 13.2 Å². The van der Waals surface area contributed by atoms with E-state index in [1.54, 1.807) is 6.20 Å². The third-order valence-electron chi connectivity index (χ3n) is 6.97. The second-order valence-electron chi connectivity index (χ2n) is 9.32. The highest BCUT2D eigenvalue weighted by Crippen LogP contribution is 2.34. The van der Waals surface area contributed by atoms with Gasteiger partial charge in [-0.25, -0.2) is 4.98 Å². The van der Waals surface area contributed by atoms with E-state index in [4.69, 9.17) is 5.73 Å². The molecule has 5 rings (SSSR count). The molecule has 35 heavy (non-hydrogen) atoms. The smallest absolute Gasteiger partial charge is 0.383 e. The molecule has 182 valence electrons. The average molecular weight is 481 g/mol. The second kappa shape index (κ2) is 9.34. The Morgan fingerprint density at radius 3 is 2.40 bits per heavy atom. The van der Waals surface area contributed by atoms with Crippen molar-refractivity contribution in [1.29, 1.82) is 0 Å². The number of carbonyl (C=O) groups excluding carboxylic acids is 1. The largest absolute Gasteiger partial charge is 0.401 e. The molecule has 0 radical (unpaired) electrons. The minimum atomic E-state index is -4.14. The molecule has 1 saturated heterocycles. The van der Waals surface area contributed by atoms with Crippen molar-refractivity contribution >= 4 is 11.7 Å². The van der Waals surface area contributed by atoms with Crippen molar-refractivity contribution in [3.63, 3.8) is 0 Å². The van der Waals surface area contributed by atoms with Gasteiger partial charge in [-0.15, -0.1) is 0 Å². The van der Waals surface area contributed by atoms with Gasteiger partial charge in [0, 0.05) is 29.4 Å². The molecule has 1 fully saturated rings. The first-order chi connectivity index (χ1) is 16.8. The van der Waals surface area contributed by atoms with Crippen LogP contribution >= 0.6 is 0 Å². The Bertz CT molecular complexity index is 1230. The van der Waals surface area contributed by atoms with Crippen molar-refractivity contribution in [2.75, 3.05) is 31.9 Å². The number of rotatable bonds is 4. The summed E-state index contributed by atoms with van der Waals surface area (Å²) >= 11 is 0. The number of nitrogens with one attached hydrogen (secondary N) is 1. The summed E-state index contributed by atoms with van der Waals surface area (Å²) < 4.78 is 37.9. The number of anilines is 1. The Labute approximate surface area is 202 Å². The van der Waals surface area contributed by atoms with E-state index < -0.39 is 12.7 Å². The molecule has 0 aliphatic carbocycles. The molecular weight excluding hydrogens is 453 g/mol. The highest BCUT2D eigenvalue weighted by Gasteiger charge is 2.32. The van der Waals surface area contributed by atoms with Gasteiger partial charge in [-0.05, 0) is 72.7 Å². The standard InChI is InChI=1S/C27H27F3N4O/c28-27(29,30)16-34-11-8-19(9-12-34)17-1-3-18(4-2-17)22-14-24(25(31)33-15-22)20-5-6-23-21(13-20)7-10-32-26(23)35/h1-6,13-15,19H,7-12,16H2,(H2,31,33)(H,32,35). The summed E-state index contributed by atoms with van der Waals surface area (Å²) in [7, 11) is 0. The van der Waals surface area contributed by atoms with Crippen molar-refractivity contribution < 1.29 is 18.0 Å². The Morgan fingerprint density at radius 1 is 0.971 bits per heavy atom. The Hall–Kier alpha value is -3.39. The second-order valence-corrected chi connectivity index (χ2v) is 9.32. The number of amides is 1. The van der Waals surface area contributed by atoms with Crippen LogP contribution in [-0.4, -0.2) is 48.1 Å². The van der Waals surface area contributed by atoms with Gasteiger partial charge in [0.2, 0.25) is 0 Å². The van der Waals surface area contributed by atoms with Crippen molar-refractivity contribution in [2.24, 2.45) is 0 Å². The highest BCUT2D eigenvalue weighted by molar-refractivity contribution is 5.97. The van der Waals surface area contributed by atoms with E-state index in [1.807, 2.05) is 36.4 Å². The molecule has 1 aromatic heterocycles. The van der Waals surface area contributed by atoms with Crippen LogP contribution in [0, 0.1) is 0 Å². The number of nitrogens with two attached hydrogens (primary N) is 1. The molecule has 3 heterocycles. The Kier molecular flexibility index (Phi) is 6.23. The molecule has 2 aromatic carbocycles. The van der Waals surface area contributed by atoms with Crippen LogP contribution in [0.2, 0.25) is 0 Å². The lowest BCUT2D eigenvalue weighted by Crippen LogP contribution is -2.39. The number of pyridine rings is 1. The van der Waals surface area contributed by atoms with Crippen LogP contribution in [0.25, 0.3) is 22.3 Å². The minimum absolute atomic E-state index is 0.0521. The van der Waals surface area contributed by atoms with E-state index in [-0.39, 0.29) is 11.8 Å². The molecule has 2 aliphatic rings. The summed E-state index contributed by atoms with van der Waals surface area (Å²) in [4.78, 5) is 18.0. The van der Waals surface area contributed by atoms with Crippen molar-refractivity contribution in [3.8, 4) is 22.3 Å². The number of benzene rings is 2. The zero-order chi connectivity index (χ0) is 24.6. The van der Waals surface area contributed by atoms with E-state index in [1.165, 1.54) is 4.90 Å². The third kappa shape index (κ3) is 5.17. The number of carbonyl (C=O) groups is 1. The van der Waals surface area contributed by atoms with Crippen molar-refractivity contribution in [1.82, 2.24) is 15.2 Å². The molecule has 0 atom stereocenters. The van der Waals surface area contributed by atoms with Crippen molar-refractivity contribution in [2.45, 2.75) is 31.4 Å². The maximum absolute atomic E-state index is 12.6. The molecule has 5 nitrogen and oxygen atoms in total. The lowest BCUT2D eigenvalue weighted by Gasteiger charge is -2.32. The SMILES string of the molecule is Nc1ncc(-c2ccc(C3CCN(CC(F)(F)F)CC3)cc2)cc1-c1ccc2c(c1)CCNC2=O. The number of piperidine rings is 1. The van der Waals surface area contributed by atoms with Gasteiger partial charge in [0.15, 0.2) is 0 Å². The zero-order valence-electron chi connectivity index (χ0n) is 19.2. The predicted octanol–water partition coefficient (Wildman–Crippen LogP) is 5.03. The first-order valence-corrected chi connectivity index (χ1v) is 11.8. The summed E-state index contributed by atoms with van der Waals surface area (Å²) in [5.41, 5.74) is 12.7. The fourth-order valence-electron chi connectivity index (χ4n) is 5.09. The van der Waals surface area contributed by atoms with Crippen molar-refractivity contribution in [3.05, 3.63) is 71.4 Å². The number of nitrogens with zero attached hydrogens (tertiary/aromatic N) is 2. The van der Waals surface area contributed by atoms with Gasteiger partial charge in [-0.1, -0.05) is 36.4 Å². The third-order valence-corrected chi connectivity index (χ3v) is 6.97. The fourth-order valence-corrected chi connectivity index (χ4v) is 5.09. The van der Waals surface area contributed by atoms with E-state index in [9.17, 15) is 18.0 Å². The van der Waals surface area contributed by atoms with Gasteiger partial charge in [0.25, 0.3) is 5.91 Å². The van der Waals surface area contributed by atoms with Crippen LogP contribution in [0.3, 0.4) is 0 Å². The summed E-state index contributed by atoms with van der Waals surface area (Å²) in [6, 6.07) is 15.9. The number of hydrogen-bond donors (Lipinski definition) is 2. The first kappa shape index (κ1) is 23.4. The minimum Gasteiger partial charge on any atom is -0.383 e. The number of alkyl halides is 3. The van der Waals surface area contributed by atoms with Crippen LogP contribution in [0.4, 0.5) is 19.0 Å². The summed E-state index contributed by atoms with van der Waals surface area (Å²) in [5, 5.41) is 2.86. The van der Waals surface area contributed by atoms with E-state index in [0.29, 0.717) is 31.0 Å². The number of likely N-dealkylation sites (tertiary alicyclic amines) is 1. The first-order valence-electron chi connectivity index (χ1n) is 11.8. The molecule has 0 unspecified atom stereocenters. The topological polar surface area (TPSA) is 71.2 Å². The predicted molar refractivity (Wildman–Crippen MR) is 130 cm³/mol. The molecule has 0 saturated carbocycles. The van der Waals surface area contributed by atoms with Gasteiger partial charge in [0.1, 0.15) is 5.82 Å². The van der Waals surface area contributed by atoms with Crippen LogP contribution in [0.1, 0.15) is 40.2 Å². The maximum Gasteiger partial charge on any atom is 0.401 e. The molecule has 3 N–H and O–H groups in total. The quantitative estimate of drug-likeness (QED) is 0.550. The molecular formula is C27H27F3N4O. The summed E-state index contributed by atoms with van der Waals surface area (Å²) in [5.74, 6) is 0.640. The van der Waals surface area contributed by atoms with Gasteiger partial charge < -0.3 is 11.1 Å². The maximum atomic E-state index is 12.6. The van der Waals surface area contributed by atoms with E-state index >= 15 is 0 Å². The van der Waals surface area contributed by atoms with Gasteiger partial charge in [0.05, 0.1) is 6.54 Å². The van der Waals surface area contributed by atoms with Crippen LogP contribution in [0.15, 0.2) is 54.7 Å².